The first-order valence-corrected chi connectivity index (χ1v) is 9.38. The van der Waals surface area contributed by atoms with Gasteiger partial charge in [-0.05, 0) is 36.8 Å². The van der Waals surface area contributed by atoms with E-state index in [9.17, 15) is 14.9 Å². The van der Waals surface area contributed by atoms with Gasteiger partial charge in [0.1, 0.15) is 24.7 Å². The normalized spacial score (nSPS) is 10.9. The Labute approximate surface area is 178 Å². The Hall–Kier alpha value is -4.21. The van der Waals surface area contributed by atoms with E-state index >= 15 is 0 Å². The lowest BCUT2D eigenvalue weighted by molar-refractivity contribution is -0.384. The highest BCUT2D eigenvalue weighted by Crippen LogP contribution is 2.24. The van der Waals surface area contributed by atoms with Crippen LogP contribution in [0.15, 0.2) is 54.9 Å². The summed E-state index contributed by atoms with van der Waals surface area (Å²) in [6, 6.07) is 11.0. The van der Waals surface area contributed by atoms with E-state index in [1.54, 1.807) is 30.6 Å². The summed E-state index contributed by atoms with van der Waals surface area (Å²) in [5, 5.41) is 14.9. The van der Waals surface area contributed by atoms with Gasteiger partial charge in [-0.15, -0.1) is 0 Å². The zero-order chi connectivity index (χ0) is 22.2. The van der Waals surface area contributed by atoms with Gasteiger partial charge in [0, 0.05) is 24.0 Å². The third-order valence-corrected chi connectivity index (χ3v) is 4.28. The second kappa shape index (κ2) is 10.0. The van der Waals surface area contributed by atoms with E-state index in [0.717, 1.165) is 11.1 Å². The molecule has 0 saturated carbocycles. The Bertz CT molecular complexity index is 1080. The van der Waals surface area contributed by atoms with Crippen molar-refractivity contribution in [3.8, 4) is 5.75 Å². The molecule has 0 spiro atoms. The van der Waals surface area contributed by atoms with Gasteiger partial charge in [-0.3, -0.25) is 15.1 Å². The number of rotatable bonds is 9. The molecule has 2 aromatic heterocycles. The smallest absolute Gasteiger partial charge is 0.333 e. The van der Waals surface area contributed by atoms with E-state index in [2.05, 4.69) is 10.1 Å². The molecule has 0 bridgehead atoms. The summed E-state index contributed by atoms with van der Waals surface area (Å²) in [7, 11) is 0. The number of benzene rings is 1. The van der Waals surface area contributed by atoms with Crippen molar-refractivity contribution >= 4 is 23.6 Å². The lowest BCUT2D eigenvalue weighted by Gasteiger charge is -2.06. The number of nitrogens with two attached hydrogens (primary N) is 1. The highest BCUT2D eigenvalue weighted by molar-refractivity contribution is 5.87. The number of hydrogen-bond donors (Lipinski definition) is 1. The molecule has 0 saturated heterocycles. The van der Waals surface area contributed by atoms with Crippen LogP contribution in [0.1, 0.15) is 16.8 Å². The molecule has 2 N–H and O–H groups in total. The van der Waals surface area contributed by atoms with Gasteiger partial charge in [0.2, 0.25) is 5.82 Å². The zero-order valence-corrected chi connectivity index (χ0v) is 16.8. The molecule has 2 heterocycles. The van der Waals surface area contributed by atoms with Crippen LogP contribution in [0.3, 0.4) is 0 Å². The molecule has 0 amide bonds. The predicted molar refractivity (Wildman–Crippen MR) is 113 cm³/mol. The van der Waals surface area contributed by atoms with Crippen molar-refractivity contribution in [2.24, 2.45) is 0 Å². The van der Waals surface area contributed by atoms with Gasteiger partial charge in [-0.1, -0.05) is 18.2 Å². The van der Waals surface area contributed by atoms with E-state index in [4.69, 9.17) is 15.2 Å². The largest absolute Gasteiger partial charge is 0.489 e. The van der Waals surface area contributed by atoms with Crippen molar-refractivity contribution in [1.29, 1.82) is 0 Å². The van der Waals surface area contributed by atoms with Crippen molar-refractivity contribution in [2.75, 3.05) is 12.3 Å². The van der Waals surface area contributed by atoms with Crippen molar-refractivity contribution in [2.45, 2.75) is 20.1 Å². The minimum absolute atomic E-state index is 0.0211. The molecule has 0 aliphatic heterocycles. The Morgan fingerprint density at radius 2 is 2.06 bits per heavy atom. The molecule has 0 radical (unpaired) electrons. The third kappa shape index (κ3) is 5.89. The lowest BCUT2D eigenvalue weighted by Crippen LogP contribution is -2.12. The van der Waals surface area contributed by atoms with E-state index < -0.39 is 10.9 Å². The quantitative estimate of drug-likeness (QED) is 0.240. The van der Waals surface area contributed by atoms with E-state index in [1.807, 2.05) is 24.3 Å². The molecule has 0 unspecified atom stereocenters. The Morgan fingerprint density at radius 3 is 2.71 bits per heavy atom. The maximum absolute atomic E-state index is 11.9. The minimum atomic E-state index is -0.585. The van der Waals surface area contributed by atoms with Gasteiger partial charge in [0.25, 0.3) is 0 Å². The van der Waals surface area contributed by atoms with Crippen molar-refractivity contribution < 1.29 is 19.2 Å². The van der Waals surface area contributed by atoms with E-state index in [0.29, 0.717) is 12.4 Å². The molecule has 0 atom stereocenters. The number of nitrogen functional groups attached to an aromatic ring is 1. The molecule has 160 valence electrons. The van der Waals surface area contributed by atoms with Crippen molar-refractivity contribution in [3.05, 3.63) is 81.8 Å². The minimum Gasteiger partial charge on any atom is -0.489 e. The van der Waals surface area contributed by atoms with Crippen LogP contribution in [0.4, 0.5) is 11.5 Å². The van der Waals surface area contributed by atoms with Crippen molar-refractivity contribution in [3.63, 3.8) is 0 Å². The summed E-state index contributed by atoms with van der Waals surface area (Å²) < 4.78 is 12.0. The number of hydrogen-bond acceptors (Lipinski definition) is 8. The fourth-order valence-electron chi connectivity index (χ4n) is 2.76. The zero-order valence-electron chi connectivity index (χ0n) is 16.8. The molecule has 1 aromatic carbocycles. The Kier molecular flexibility index (Phi) is 6.94. The molecule has 0 fully saturated rings. The van der Waals surface area contributed by atoms with Crippen LogP contribution in [0.5, 0.6) is 5.75 Å². The average molecular weight is 423 g/mol. The number of aryl methyl sites for hydroxylation is 1. The number of carbonyl (C=O) groups is 1. The standard InChI is InChI=1S/C21H21N5O5/c1-15-20(26(28)29)21(22)25(24-15)11-12-30-19(27)9-6-16-4-7-18(8-5-16)31-14-17-3-2-10-23-13-17/h2-10,13H,11-12,14,22H2,1H3/b9-6+. The monoisotopic (exact) mass is 423 g/mol. The maximum Gasteiger partial charge on any atom is 0.333 e. The van der Waals surface area contributed by atoms with Crippen LogP contribution < -0.4 is 10.5 Å². The van der Waals surface area contributed by atoms with Crippen molar-refractivity contribution in [1.82, 2.24) is 14.8 Å². The summed E-state index contributed by atoms with van der Waals surface area (Å²) in [4.78, 5) is 26.3. The van der Waals surface area contributed by atoms with Crippen LogP contribution in [0.2, 0.25) is 0 Å². The highest BCUT2D eigenvalue weighted by atomic mass is 16.6. The number of anilines is 1. The van der Waals surface area contributed by atoms with Crippen LogP contribution in [0, 0.1) is 17.0 Å². The maximum atomic E-state index is 11.9. The lowest BCUT2D eigenvalue weighted by atomic mass is 10.2. The predicted octanol–water partition coefficient (Wildman–Crippen LogP) is 2.91. The summed E-state index contributed by atoms with van der Waals surface area (Å²) in [5.41, 5.74) is 7.45. The molecule has 31 heavy (non-hydrogen) atoms. The van der Waals surface area contributed by atoms with Crippen LogP contribution >= 0.6 is 0 Å². The molecule has 3 aromatic rings. The van der Waals surface area contributed by atoms with Gasteiger partial charge < -0.3 is 15.2 Å². The van der Waals surface area contributed by atoms with E-state index in [1.165, 1.54) is 17.7 Å². The Morgan fingerprint density at radius 1 is 1.29 bits per heavy atom. The third-order valence-electron chi connectivity index (χ3n) is 4.28. The van der Waals surface area contributed by atoms with Gasteiger partial charge in [0.05, 0.1) is 11.5 Å². The molecule has 0 aliphatic rings. The van der Waals surface area contributed by atoms with Crippen LogP contribution in [-0.4, -0.2) is 32.3 Å². The van der Waals surface area contributed by atoms with Gasteiger partial charge in [-0.25, -0.2) is 9.48 Å². The van der Waals surface area contributed by atoms with Gasteiger partial charge in [-0.2, -0.15) is 5.10 Å². The number of esters is 1. The first kappa shape index (κ1) is 21.5. The van der Waals surface area contributed by atoms with E-state index in [-0.39, 0.29) is 30.4 Å². The number of nitro groups is 1. The summed E-state index contributed by atoms with van der Waals surface area (Å²) >= 11 is 0. The van der Waals surface area contributed by atoms with Gasteiger partial charge in [0.15, 0.2) is 0 Å². The highest BCUT2D eigenvalue weighted by Gasteiger charge is 2.22. The topological polar surface area (TPSA) is 135 Å². The van der Waals surface area contributed by atoms with Crippen LogP contribution in [-0.2, 0) is 22.7 Å². The number of ether oxygens (including phenoxy) is 2. The summed E-state index contributed by atoms with van der Waals surface area (Å²) in [6.45, 7) is 2.00. The number of aromatic nitrogens is 3. The second-order valence-corrected chi connectivity index (χ2v) is 6.52. The fraction of sp³-hybridized carbons (Fsp3) is 0.190. The van der Waals surface area contributed by atoms with Gasteiger partial charge >= 0.3 is 11.7 Å². The summed E-state index contributed by atoms with van der Waals surface area (Å²) in [6.07, 6.45) is 6.36. The average Bonchev–Trinajstić information content (AvgIpc) is 3.05. The molecular weight excluding hydrogens is 402 g/mol. The number of pyridine rings is 1. The Balaban J connectivity index is 1.45. The number of carbonyl (C=O) groups excluding carboxylic acids is 1. The molecule has 0 aliphatic carbocycles. The molecule has 10 nitrogen and oxygen atoms in total. The molecule has 10 heteroatoms. The SMILES string of the molecule is Cc1nn(CCOC(=O)/C=C/c2ccc(OCc3cccnc3)cc2)c(N)c1[N+](=O)[O-]. The molecule has 3 rings (SSSR count). The first-order chi connectivity index (χ1) is 14.9. The fourth-order valence-corrected chi connectivity index (χ4v) is 2.76. The summed E-state index contributed by atoms with van der Waals surface area (Å²) in [5.74, 6) is 0.0820. The molecular formula is C21H21N5O5. The number of nitrogens with zero attached hydrogens (tertiary/aromatic N) is 4. The first-order valence-electron chi connectivity index (χ1n) is 9.38. The van der Waals surface area contributed by atoms with Crippen LogP contribution in [0.25, 0.3) is 6.08 Å². The second-order valence-electron chi connectivity index (χ2n) is 6.52.